The highest BCUT2D eigenvalue weighted by Gasteiger charge is 2.22. The maximum absolute atomic E-state index is 12.5. The molecule has 1 aliphatic carbocycles. The van der Waals surface area contributed by atoms with E-state index in [-0.39, 0.29) is 11.7 Å². The lowest BCUT2D eigenvalue weighted by Gasteiger charge is -2.09. The van der Waals surface area contributed by atoms with Gasteiger partial charge in [-0.1, -0.05) is 11.8 Å². The predicted octanol–water partition coefficient (Wildman–Crippen LogP) is 4.39. The Kier molecular flexibility index (Phi) is 5.53. The lowest BCUT2D eigenvalue weighted by Crippen LogP contribution is -2.14. The summed E-state index contributed by atoms with van der Waals surface area (Å²) in [6.45, 7) is 2.06. The van der Waals surface area contributed by atoms with Gasteiger partial charge >= 0.3 is 0 Å². The van der Waals surface area contributed by atoms with Gasteiger partial charge in [0.1, 0.15) is 11.1 Å². The number of thioether (sulfide) groups is 1. The first kappa shape index (κ1) is 19.2. The van der Waals surface area contributed by atoms with Crippen LogP contribution in [0.2, 0.25) is 0 Å². The molecular formula is C19H19N5OS3. The van der Waals surface area contributed by atoms with Crippen molar-refractivity contribution in [2.45, 2.75) is 37.8 Å². The van der Waals surface area contributed by atoms with Crippen LogP contribution in [0.4, 0.5) is 5.00 Å². The summed E-state index contributed by atoms with van der Waals surface area (Å²) in [5.41, 5.74) is 2.81. The smallest absolute Gasteiger partial charge is 0.235 e. The van der Waals surface area contributed by atoms with E-state index in [4.69, 9.17) is 0 Å². The van der Waals surface area contributed by atoms with Gasteiger partial charge in [-0.15, -0.1) is 32.9 Å². The van der Waals surface area contributed by atoms with E-state index in [0.717, 1.165) is 42.6 Å². The first-order chi connectivity index (χ1) is 13.6. The molecule has 3 heterocycles. The second-order valence-corrected chi connectivity index (χ2v) is 9.84. The second-order valence-electron chi connectivity index (χ2n) is 6.67. The number of anilines is 1. The summed E-state index contributed by atoms with van der Waals surface area (Å²) < 4.78 is 1.91. The summed E-state index contributed by atoms with van der Waals surface area (Å²) in [7, 11) is 1.91. The first-order valence-corrected chi connectivity index (χ1v) is 11.7. The lowest BCUT2D eigenvalue weighted by atomic mass is 9.96. The molecular weight excluding hydrogens is 410 g/mol. The quantitative estimate of drug-likeness (QED) is 0.608. The molecule has 6 nitrogen and oxygen atoms in total. The normalized spacial score (nSPS) is 13.2. The molecule has 28 heavy (non-hydrogen) atoms. The molecule has 0 bridgehead atoms. The number of nitriles is 1. The second kappa shape index (κ2) is 8.07. The Morgan fingerprint density at radius 1 is 1.39 bits per heavy atom. The third-order valence-corrected chi connectivity index (χ3v) is 7.78. The Morgan fingerprint density at radius 2 is 2.21 bits per heavy atom. The maximum Gasteiger partial charge on any atom is 0.235 e. The molecule has 0 radical (unpaired) electrons. The van der Waals surface area contributed by atoms with Gasteiger partial charge in [0.15, 0.2) is 11.0 Å². The molecule has 4 rings (SSSR count). The third kappa shape index (κ3) is 3.72. The fraction of sp³-hybridized carbons (Fsp3) is 0.368. The first-order valence-electron chi connectivity index (χ1n) is 8.99. The molecule has 1 N–H and O–H groups in total. The minimum absolute atomic E-state index is 0.129. The topological polar surface area (TPSA) is 83.6 Å². The van der Waals surface area contributed by atoms with Crippen molar-refractivity contribution in [3.05, 3.63) is 32.3 Å². The number of thiophene rings is 2. The van der Waals surface area contributed by atoms with Crippen molar-refractivity contribution in [1.82, 2.24) is 14.8 Å². The molecule has 0 aromatic carbocycles. The van der Waals surface area contributed by atoms with Gasteiger partial charge in [-0.05, 0) is 44.2 Å². The van der Waals surface area contributed by atoms with Crippen LogP contribution in [0.5, 0.6) is 0 Å². The number of rotatable bonds is 5. The molecule has 9 heteroatoms. The average Bonchev–Trinajstić information content (AvgIpc) is 3.36. The van der Waals surface area contributed by atoms with Gasteiger partial charge in [-0.3, -0.25) is 4.79 Å². The summed E-state index contributed by atoms with van der Waals surface area (Å²) in [6, 6.07) is 4.36. The minimum Gasteiger partial charge on any atom is -0.316 e. The number of aromatic nitrogens is 3. The van der Waals surface area contributed by atoms with E-state index < -0.39 is 0 Å². The summed E-state index contributed by atoms with van der Waals surface area (Å²) in [4.78, 5) is 14.9. The number of carbonyl (C=O) groups is 1. The number of nitrogens with zero attached hydrogens (tertiary/aromatic N) is 4. The van der Waals surface area contributed by atoms with Crippen LogP contribution < -0.4 is 5.32 Å². The Labute approximate surface area is 175 Å². The third-order valence-electron chi connectivity index (χ3n) is 4.69. The zero-order chi connectivity index (χ0) is 19.7. The fourth-order valence-electron chi connectivity index (χ4n) is 3.32. The van der Waals surface area contributed by atoms with E-state index >= 15 is 0 Å². The number of carbonyl (C=O) groups excluding carboxylic acids is 1. The standard InChI is InChI=1S/C19H19N5OS3/c1-11-7-12(9-26-11)17-22-23-19(24(17)2)27-10-16(25)21-18-14(8-20)13-5-3-4-6-15(13)28-18/h7,9H,3-6,10H2,1-2H3,(H,21,25). The molecule has 0 unspecified atom stereocenters. The molecule has 0 spiro atoms. The molecule has 1 amide bonds. The van der Waals surface area contributed by atoms with Gasteiger partial charge in [-0.2, -0.15) is 5.26 Å². The number of amides is 1. The van der Waals surface area contributed by atoms with E-state index in [1.54, 1.807) is 22.7 Å². The molecule has 0 saturated heterocycles. The van der Waals surface area contributed by atoms with Crippen LogP contribution in [0.25, 0.3) is 11.4 Å². The molecule has 0 atom stereocenters. The fourth-order valence-corrected chi connectivity index (χ4v) is 5.97. The van der Waals surface area contributed by atoms with E-state index in [0.29, 0.717) is 15.7 Å². The Hall–Kier alpha value is -2.15. The van der Waals surface area contributed by atoms with E-state index in [2.05, 4.69) is 40.0 Å². The molecule has 3 aromatic heterocycles. The monoisotopic (exact) mass is 429 g/mol. The molecule has 0 saturated carbocycles. The van der Waals surface area contributed by atoms with Crippen LogP contribution in [0, 0.1) is 18.3 Å². The number of fused-ring (bicyclic) bond motifs is 1. The number of nitrogens with one attached hydrogen (secondary N) is 1. The number of hydrogen-bond donors (Lipinski definition) is 1. The van der Waals surface area contributed by atoms with Crippen LogP contribution in [0.1, 0.15) is 33.7 Å². The Bertz CT molecular complexity index is 1070. The van der Waals surface area contributed by atoms with Crippen molar-refractivity contribution in [3.63, 3.8) is 0 Å². The summed E-state index contributed by atoms with van der Waals surface area (Å²) in [6.07, 6.45) is 4.20. The Morgan fingerprint density at radius 3 is 2.96 bits per heavy atom. The van der Waals surface area contributed by atoms with Gasteiger partial charge in [0, 0.05) is 27.7 Å². The molecule has 1 aliphatic rings. The van der Waals surface area contributed by atoms with Crippen molar-refractivity contribution in [2.24, 2.45) is 7.05 Å². The van der Waals surface area contributed by atoms with Crippen LogP contribution in [-0.4, -0.2) is 26.4 Å². The van der Waals surface area contributed by atoms with Crippen molar-refractivity contribution in [3.8, 4) is 17.5 Å². The average molecular weight is 430 g/mol. The predicted molar refractivity (Wildman–Crippen MR) is 114 cm³/mol. The number of hydrogen-bond acceptors (Lipinski definition) is 7. The van der Waals surface area contributed by atoms with Crippen molar-refractivity contribution < 1.29 is 4.79 Å². The molecule has 0 fully saturated rings. The molecule has 3 aromatic rings. The van der Waals surface area contributed by atoms with Gasteiger partial charge in [0.25, 0.3) is 0 Å². The van der Waals surface area contributed by atoms with Gasteiger partial charge in [-0.25, -0.2) is 0 Å². The maximum atomic E-state index is 12.5. The summed E-state index contributed by atoms with van der Waals surface area (Å²) >= 11 is 4.57. The lowest BCUT2D eigenvalue weighted by molar-refractivity contribution is -0.113. The summed E-state index contributed by atoms with van der Waals surface area (Å²) in [5.74, 6) is 0.892. The molecule has 0 aliphatic heterocycles. The van der Waals surface area contributed by atoms with Gasteiger partial charge < -0.3 is 9.88 Å². The highest BCUT2D eigenvalue weighted by atomic mass is 32.2. The SMILES string of the molecule is Cc1cc(-c2nnc(SCC(=O)Nc3sc4c(c3C#N)CCCC4)n2C)cs1. The highest BCUT2D eigenvalue weighted by Crippen LogP contribution is 2.37. The number of aryl methyl sites for hydroxylation is 2. The minimum atomic E-state index is -0.129. The van der Waals surface area contributed by atoms with Crippen LogP contribution in [0.3, 0.4) is 0 Å². The van der Waals surface area contributed by atoms with Crippen LogP contribution in [0.15, 0.2) is 16.6 Å². The van der Waals surface area contributed by atoms with Crippen LogP contribution in [-0.2, 0) is 24.7 Å². The Balaban J connectivity index is 1.43. The zero-order valence-electron chi connectivity index (χ0n) is 15.6. The largest absolute Gasteiger partial charge is 0.316 e. The van der Waals surface area contributed by atoms with Gasteiger partial charge in [0.2, 0.25) is 5.91 Å². The molecule has 144 valence electrons. The highest BCUT2D eigenvalue weighted by molar-refractivity contribution is 7.99. The van der Waals surface area contributed by atoms with E-state index in [1.165, 1.54) is 21.5 Å². The van der Waals surface area contributed by atoms with Crippen molar-refractivity contribution in [1.29, 1.82) is 5.26 Å². The van der Waals surface area contributed by atoms with E-state index in [9.17, 15) is 10.1 Å². The summed E-state index contributed by atoms with van der Waals surface area (Å²) in [5, 5.41) is 24.4. The van der Waals surface area contributed by atoms with Crippen molar-refractivity contribution >= 4 is 45.3 Å². The van der Waals surface area contributed by atoms with Crippen LogP contribution >= 0.6 is 34.4 Å². The zero-order valence-corrected chi connectivity index (χ0v) is 18.1. The van der Waals surface area contributed by atoms with Gasteiger partial charge in [0.05, 0.1) is 11.3 Å². The van der Waals surface area contributed by atoms with Crippen molar-refractivity contribution in [2.75, 3.05) is 11.1 Å². The van der Waals surface area contributed by atoms with E-state index in [1.807, 2.05) is 11.6 Å².